The zero-order valence-electron chi connectivity index (χ0n) is 28.1. The monoisotopic (exact) mass is 673 g/mol. The number of pyridine rings is 1. The lowest BCUT2D eigenvalue weighted by Gasteiger charge is -2.34. The Morgan fingerprint density at radius 2 is 1.60 bits per heavy atom. The predicted molar refractivity (Wildman–Crippen MR) is 174 cm³/mol. The Morgan fingerprint density at radius 3 is 2.12 bits per heavy atom. The van der Waals surface area contributed by atoms with Crippen LogP contribution in [0.5, 0.6) is 0 Å². The second kappa shape index (κ2) is 13.8. The summed E-state index contributed by atoms with van der Waals surface area (Å²) in [7, 11) is 0. The Morgan fingerprint density at radius 1 is 0.979 bits per heavy atom. The van der Waals surface area contributed by atoms with E-state index in [4.69, 9.17) is 0 Å². The lowest BCUT2D eigenvalue weighted by Crippen LogP contribution is -2.51. The number of rotatable bonds is 11. The maximum Gasteiger partial charge on any atom is 0.416 e. The topological polar surface area (TPSA) is 112 Å². The number of likely N-dealkylation sites (tertiary alicyclic amines) is 1. The van der Waals surface area contributed by atoms with Gasteiger partial charge in [0.1, 0.15) is 11.9 Å². The van der Waals surface area contributed by atoms with Gasteiger partial charge in [0.15, 0.2) is 5.72 Å². The minimum absolute atomic E-state index is 0.0302. The molecule has 2 aromatic carbocycles. The van der Waals surface area contributed by atoms with Crippen molar-refractivity contribution in [2.75, 3.05) is 19.6 Å². The molecule has 0 saturated carbocycles. The van der Waals surface area contributed by atoms with Crippen molar-refractivity contribution in [2.24, 2.45) is 5.41 Å². The predicted octanol–water partition coefficient (Wildman–Crippen LogP) is 6.26. The number of aliphatic carboxylic acids is 1. The van der Waals surface area contributed by atoms with Crippen LogP contribution in [-0.4, -0.2) is 51.2 Å². The average molecular weight is 674 g/mol. The minimum atomic E-state index is -4.82. The van der Waals surface area contributed by atoms with Crippen LogP contribution in [0.3, 0.4) is 0 Å². The zero-order chi connectivity index (χ0) is 35.8. The molecule has 0 radical (unpaired) electrons. The summed E-state index contributed by atoms with van der Waals surface area (Å²) < 4.78 is 58.9. The lowest BCUT2D eigenvalue weighted by molar-refractivity contribution is -0.148. The third-order valence-electron chi connectivity index (χ3n) is 8.77. The van der Waals surface area contributed by atoms with Gasteiger partial charge in [-0.3, -0.25) is 14.4 Å². The van der Waals surface area contributed by atoms with E-state index in [0.29, 0.717) is 18.2 Å². The fourth-order valence-corrected chi connectivity index (χ4v) is 6.28. The van der Waals surface area contributed by atoms with Crippen LogP contribution in [0.25, 0.3) is 11.1 Å². The number of benzene rings is 2. The van der Waals surface area contributed by atoms with Gasteiger partial charge in [0.2, 0.25) is 5.91 Å². The van der Waals surface area contributed by atoms with Crippen molar-refractivity contribution in [3.05, 3.63) is 92.1 Å². The normalized spacial score (nSPS) is 15.8. The van der Waals surface area contributed by atoms with Crippen LogP contribution in [-0.2, 0) is 27.9 Å². The zero-order valence-corrected chi connectivity index (χ0v) is 28.1. The summed E-state index contributed by atoms with van der Waals surface area (Å²) in [5, 5.41) is 24.0. The van der Waals surface area contributed by atoms with Crippen LogP contribution in [0.4, 0.5) is 17.6 Å². The van der Waals surface area contributed by atoms with Crippen LogP contribution < -0.4 is 10.9 Å². The first-order valence-corrected chi connectivity index (χ1v) is 15.9. The number of carbonyl (C=O) groups excluding carboxylic acids is 1. The number of aliphatic hydroxyl groups is 1. The van der Waals surface area contributed by atoms with E-state index in [1.165, 1.54) is 13.0 Å². The van der Waals surface area contributed by atoms with Crippen LogP contribution in [0, 0.1) is 32.0 Å². The number of alkyl halides is 3. The molecule has 1 aliphatic heterocycles. The van der Waals surface area contributed by atoms with Crippen molar-refractivity contribution in [1.82, 2.24) is 14.8 Å². The first-order chi connectivity index (χ1) is 22.2. The van der Waals surface area contributed by atoms with E-state index in [0.717, 1.165) is 47.0 Å². The highest BCUT2D eigenvalue weighted by Gasteiger charge is 2.41. The molecule has 4 rings (SSSR count). The van der Waals surface area contributed by atoms with E-state index < -0.39 is 64.2 Å². The highest BCUT2D eigenvalue weighted by Crippen LogP contribution is 2.37. The second-order valence-electron chi connectivity index (χ2n) is 14.0. The molecule has 2 heterocycles. The number of carboxylic acid groups (broad SMARTS) is 1. The van der Waals surface area contributed by atoms with Crippen molar-refractivity contribution in [2.45, 2.75) is 85.2 Å². The molecule has 2 atom stereocenters. The number of hydrogen-bond donors (Lipinski definition) is 3. The molecule has 260 valence electrons. The first-order valence-electron chi connectivity index (χ1n) is 15.9. The average Bonchev–Trinajstić information content (AvgIpc) is 2.91. The van der Waals surface area contributed by atoms with Gasteiger partial charge in [-0.25, -0.2) is 4.39 Å². The third-order valence-corrected chi connectivity index (χ3v) is 8.77. The van der Waals surface area contributed by atoms with Gasteiger partial charge < -0.3 is 25.0 Å². The van der Waals surface area contributed by atoms with E-state index in [2.05, 4.69) is 5.32 Å². The molecule has 0 aliphatic carbocycles. The number of nitrogens with zero attached hydrogens (tertiary/aromatic N) is 2. The number of hydrogen-bond acceptors (Lipinski definition) is 5. The molecule has 3 aromatic rings. The summed E-state index contributed by atoms with van der Waals surface area (Å²) in [5.74, 6) is -3.56. The number of aromatic nitrogens is 1. The van der Waals surface area contributed by atoms with Gasteiger partial charge in [0.25, 0.3) is 5.56 Å². The van der Waals surface area contributed by atoms with Crippen molar-refractivity contribution in [3.8, 4) is 11.1 Å². The van der Waals surface area contributed by atoms with E-state index in [-0.39, 0.29) is 24.0 Å². The van der Waals surface area contributed by atoms with Gasteiger partial charge >= 0.3 is 12.1 Å². The maximum absolute atomic E-state index is 15.9. The Labute approximate surface area is 277 Å². The molecule has 0 spiro atoms. The molecule has 1 amide bonds. The van der Waals surface area contributed by atoms with Gasteiger partial charge in [-0.15, -0.1) is 0 Å². The smallest absolute Gasteiger partial charge is 0.416 e. The van der Waals surface area contributed by atoms with Gasteiger partial charge in [-0.05, 0) is 104 Å². The Kier molecular flexibility index (Phi) is 10.6. The van der Waals surface area contributed by atoms with Crippen LogP contribution in [0.15, 0.2) is 47.4 Å². The quantitative estimate of drug-likeness (QED) is 0.164. The third kappa shape index (κ3) is 8.33. The lowest BCUT2D eigenvalue weighted by atomic mass is 9.86. The molecule has 0 bridgehead atoms. The summed E-state index contributed by atoms with van der Waals surface area (Å²) in [6.45, 7) is 12.2. The molecule has 1 saturated heterocycles. The molecule has 1 aromatic heterocycles. The fraction of sp³-hybridized carbons (Fsp3) is 0.472. The van der Waals surface area contributed by atoms with Crippen molar-refractivity contribution < 1.29 is 37.4 Å². The summed E-state index contributed by atoms with van der Waals surface area (Å²) >= 11 is 0. The minimum Gasteiger partial charge on any atom is -0.481 e. The van der Waals surface area contributed by atoms with E-state index in [1.807, 2.05) is 36.9 Å². The van der Waals surface area contributed by atoms with Crippen LogP contribution in [0.1, 0.15) is 79.5 Å². The largest absolute Gasteiger partial charge is 0.481 e. The summed E-state index contributed by atoms with van der Waals surface area (Å²) in [6.07, 6.45) is -4.10. The standard InChI is InChI=1S/C36H43F4N3O5/c1-21-9-7-10-22(2)31(21)25-15-23(3)32(37)27(16-25)35(48,19-30(45)46)41-33(47)28(18-34(4,5)6)43-20-24(11-14-42-12-8-13-42)26(17-29(43)44)36(38,39)40/h7,9-10,15-17,20,28,48H,8,11-14,18-19H2,1-6H3,(H,41,47)(H,45,46). The molecule has 3 N–H and O–H groups in total. The summed E-state index contributed by atoms with van der Waals surface area (Å²) in [4.78, 5) is 41.5. The molecule has 48 heavy (non-hydrogen) atoms. The fourth-order valence-electron chi connectivity index (χ4n) is 6.28. The molecular formula is C36H43F4N3O5. The Balaban J connectivity index is 1.84. The van der Waals surface area contributed by atoms with Crippen LogP contribution >= 0.6 is 0 Å². The van der Waals surface area contributed by atoms with Crippen molar-refractivity contribution >= 4 is 11.9 Å². The molecule has 1 aliphatic rings. The van der Waals surface area contributed by atoms with Gasteiger partial charge in [-0.2, -0.15) is 13.2 Å². The number of nitrogens with one attached hydrogen (secondary N) is 1. The first kappa shape index (κ1) is 36.8. The Bertz CT molecular complexity index is 1740. The summed E-state index contributed by atoms with van der Waals surface area (Å²) in [5.41, 5.74) is -3.35. The van der Waals surface area contributed by atoms with E-state index in [9.17, 15) is 37.8 Å². The molecule has 2 unspecified atom stereocenters. The highest BCUT2D eigenvalue weighted by molar-refractivity contribution is 5.82. The van der Waals surface area contributed by atoms with Crippen molar-refractivity contribution in [3.63, 3.8) is 0 Å². The number of aryl methyl sites for hydroxylation is 3. The van der Waals surface area contributed by atoms with Gasteiger partial charge in [-0.1, -0.05) is 39.0 Å². The van der Waals surface area contributed by atoms with E-state index >= 15 is 4.39 Å². The summed E-state index contributed by atoms with van der Waals surface area (Å²) in [6, 6.07) is 7.39. The number of carboxylic acids is 1. The molecular weight excluding hydrogens is 630 g/mol. The number of halogens is 4. The Hall–Kier alpha value is -4.03. The van der Waals surface area contributed by atoms with Gasteiger partial charge in [0, 0.05) is 24.4 Å². The van der Waals surface area contributed by atoms with Gasteiger partial charge in [0.05, 0.1) is 12.0 Å². The van der Waals surface area contributed by atoms with E-state index in [1.54, 1.807) is 26.8 Å². The molecule has 1 fully saturated rings. The highest BCUT2D eigenvalue weighted by atomic mass is 19.4. The van der Waals surface area contributed by atoms with Crippen molar-refractivity contribution in [1.29, 1.82) is 0 Å². The van der Waals surface area contributed by atoms with Crippen LogP contribution in [0.2, 0.25) is 0 Å². The SMILES string of the molecule is Cc1cc(-c2c(C)cccc2C)cc(C(O)(CC(=O)O)NC(=O)C(CC(C)(C)C)n2cc(CCN3CCC3)c(C(F)(F)F)cc2=O)c1F. The number of carbonyl (C=O) groups is 2. The molecule has 8 nitrogen and oxygen atoms in total. The number of amides is 1. The second-order valence-corrected chi connectivity index (χ2v) is 14.0. The maximum atomic E-state index is 15.9. The molecule has 12 heteroatoms.